The largest absolute Gasteiger partial charge is 0.378 e. The number of carbonyl (C=O) groups is 2. The van der Waals surface area contributed by atoms with E-state index >= 15 is 0 Å². The fraction of sp³-hybridized carbons (Fsp3) is 0.167. The van der Waals surface area contributed by atoms with Crippen LogP contribution < -0.4 is 11.1 Å². The second-order valence-electron chi connectivity index (χ2n) is 8.34. The van der Waals surface area contributed by atoms with Crippen molar-refractivity contribution < 1.29 is 14.3 Å². The lowest BCUT2D eigenvalue weighted by Crippen LogP contribution is -2.43. The number of morpholine rings is 1. The molecule has 0 radical (unpaired) electrons. The van der Waals surface area contributed by atoms with Crippen molar-refractivity contribution in [3.63, 3.8) is 0 Å². The van der Waals surface area contributed by atoms with Crippen molar-refractivity contribution in [3.8, 4) is 22.6 Å². The van der Waals surface area contributed by atoms with E-state index in [0.29, 0.717) is 65.8 Å². The Bertz CT molecular complexity index is 1620. The van der Waals surface area contributed by atoms with E-state index in [1.165, 1.54) is 0 Å². The Kier molecular flexibility index (Phi) is 5.26. The Morgan fingerprint density at radius 2 is 1.92 bits per heavy atom. The zero-order valence-corrected chi connectivity index (χ0v) is 19.0. The molecule has 0 bridgehead atoms. The van der Waals surface area contributed by atoms with Gasteiger partial charge in [-0.25, -0.2) is 14.8 Å². The number of hydrogen-bond acceptors (Lipinski definition) is 7. The lowest BCUT2D eigenvalue weighted by Gasteiger charge is -2.26. The number of nitrogens with one attached hydrogen (secondary N) is 3. The molecular weight excluding hydrogens is 462 g/mol. The van der Waals surface area contributed by atoms with Gasteiger partial charge in [-0.1, -0.05) is 6.07 Å². The summed E-state index contributed by atoms with van der Waals surface area (Å²) in [7, 11) is 0. The van der Waals surface area contributed by atoms with Crippen molar-refractivity contribution in [2.24, 2.45) is 5.73 Å². The summed E-state index contributed by atoms with van der Waals surface area (Å²) in [5.41, 5.74) is 10.3. The van der Waals surface area contributed by atoms with Crippen LogP contribution in [0.4, 0.5) is 10.5 Å². The molecule has 0 aliphatic carbocycles. The van der Waals surface area contributed by atoms with Crippen LogP contribution in [0.5, 0.6) is 0 Å². The molecule has 0 spiro atoms. The van der Waals surface area contributed by atoms with Gasteiger partial charge in [0.2, 0.25) is 0 Å². The summed E-state index contributed by atoms with van der Waals surface area (Å²) in [5.74, 6) is -0.0463. The molecule has 5 heterocycles. The zero-order chi connectivity index (χ0) is 24.6. The number of nitrogens with zero attached hydrogens (tertiary/aromatic N) is 5. The van der Waals surface area contributed by atoms with E-state index in [2.05, 4.69) is 35.5 Å². The number of hydrogen-bond donors (Lipinski definition) is 4. The number of H-pyrrole nitrogens is 2. The van der Waals surface area contributed by atoms with Crippen LogP contribution >= 0.6 is 0 Å². The van der Waals surface area contributed by atoms with Crippen LogP contribution in [0.15, 0.2) is 48.9 Å². The number of rotatable bonds is 4. The van der Waals surface area contributed by atoms with Crippen molar-refractivity contribution in [2.75, 3.05) is 31.6 Å². The molecule has 6 rings (SSSR count). The second-order valence-corrected chi connectivity index (χ2v) is 8.34. The van der Waals surface area contributed by atoms with Gasteiger partial charge in [0.25, 0.3) is 5.91 Å². The van der Waals surface area contributed by atoms with Gasteiger partial charge in [-0.05, 0) is 24.3 Å². The van der Waals surface area contributed by atoms with Crippen LogP contribution in [0.1, 0.15) is 10.4 Å². The topological polar surface area (TPSA) is 168 Å². The molecule has 12 heteroatoms. The first-order valence-electron chi connectivity index (χ1n) is 11.3. The maximum Gasteiger partial charge on any atom is 0.322 e. The highest BCUT2D eigenvalue weighted by Gasteiger charge is 2.18. The molecular formula is C24H21N9O3. The minimum Gasteiger partial charge on any atom is -0.378 e. The van der Waals surface area contributed by atoms with E-state index in [0.717, 1.165) is 16.5 Å². The van der Waals surface area contributed by atoms with E-state index < -0.39 is 5.91 Å². The Morgan fingerprint density at radius 1 is 1.08 bits per heavy atom. The molecule has 5 N–H and O–H groups in total. The zero-order valence-electron chi connectivity index (χ0n) is 19.0. The number of carbonyl (C=O) groups excluding carboxylic acids is 2. The smallest absolute Gasteiger partial charge is 0.322 e. The monoisotopic (exact) mass is 483 g/mol. The second kappa shape index (κ2) is 8.74. The highest BCUT2D eigenvalue weighted by atomic mass is 16.5. The molecule has 12 nitrogen and oxygen atoms in total. The van der Waals surface area contributed by atoms with E-state index in [9.17, 15) is 9.59 Å². The summed E-state index contributed by atoms with van der Waals surface area (Å²) in [6, 6.07) is 8.78. The standard InChI is InChI=1S/C24H21N9O3/c25-21(34)16-2-1-3-18-19(16)30-23(29-18)20-17-9-14(11-27-22(17)32-31-20)13-8-15(12-26-10-13)28-24(35)33-4-6-36-7-5-33/h1-3,8-12H,4-7H2,(H2,25,34)(H,28,35)(H,29,30)(H,27,31,32). The Labute approximate surface area is 203 Å². The minimum absolute atomic E-state index is 0.192. The molecule has 1 fully saturated rings. The number of benzene rings is 1. The van der Waals surface area contributed by atoms with Crippen LogP contribution in [0.2, 0.25) is 0 Å². The average Bonchev–Trinajstić information content (AvgIpc) is 3.52. The third kappa shape index (κ3) is 3.88. The molecule has 4 aromatic heterocycles. The Balaban J connectivity index is 1.34. The van der Waals surface area contributed by atoms with Gasteiger partial charge in [0, 0.05) is 36.6 Å². The third-order valence-electron chi connectivity index (χ3n) is 6.05. The van der Waals surface area contributed by atoms with Gasteiger partial charge >= 0.3 is 6.03 Å². The molecule has 1 saturated heterocycles. The fourth-order valence-corrected chi connectivity index (χ4v) is 4.22. The van der Waals surface area contributed by atoms with Crippen molar-refractivity contribution in [1.82, 2.24) is 35.0 Å². The van der Waals surface area contributed by atoms with Crippen molar-refractivity contribution in [2.45, 2.75) is 0 Å². The number of urea groups is 1. The van der Waals surface area contributed by atoms with Gasteiger partial charge in [0.15, 0.2) is 11.5 Å². The molecule has 3 amide bonds. The highest BCUT2D eigenvalue weighted by molar-refractivity contribution is 6.05. The predicted molar refractivity (Wildman–Crippen MR) is 132 cm³/mol. The summed E-state index contributed by atoms with van der Waals surface area (Å²) in [4.78, 5) is 42.6. The number of ether oxygens (including phenoxy) is 1. The number of pyridine rings is 2. The molecule has 180 valence electrons. The minimum atomic E-state index is -0.551. The number of fused-ring (bicyclic) bond motifs is 2. The van der Waals surface area contributed by atoms with Gasteiger partial charge in [0.1, 0.15) is 11.2 Å². The molecule has 1 aliphatic heterocycles. The molecule has 0 saturated carbocycles. The summed E-state index contributed by atoms with van der Waals surface area (Å²) in [5, 5.41) is 10.9. The number of aromatic amines is 2. The van der Waals surface area contributed by atoms with E-state index in [4.69, 9.17) is 10.5 Å². The molecule has 36 heavy (non-hydrogen) atoms. The number of primary amides is 1. The lowest BCUT2D eigenvalue weighted by molar-refractivity contribution is 0.0564. The molecule has 0 atom stereocenters. The van der Waals surface area contributed by atoms with E-state index in [1.807, 2.05) is 18.2 Å². The number of para-hydroxylation sites is 1. The van der Waals surface area contributed by atoms with Crippen LogP contribution in [0, 0.1) is 0 Å². The molecule has 1 aromatic carbocycles. The fourth-order valence-electron chi connectivity index (χ4n) is 4.22. The first kappa shape index (κ1) is 21.7. The summed E-state index contributed by atoms with van der Waals surface area (Å²) >= 11 is 0. The summed E-state index contributed by atoms with van der Waals surface area (Å²) in [6.07, 6.45) is 5.00. The van der Waals surface area contributed by atoms with Crippen molar-refractivity contribution in [1.29, 1.82) is 0 Å². The SMILES string of the molecule is NC(=O)c1cccc2[nH]c(-c3[nH]nc4ncc(-c5cncc(NC(=O)N6CCOCC6)c5)cc34)nc12. The van der Waals surface area contributed by atoms with Crippen LogP contribution in [0.25, 0.3) is 44.7 Å². The number of nitrogens with two attached hydrogens (primary N) is 1. The first-order chi connectivity index (χ1) is 17.6. The number of anilines is 1. The molecule has 1 aliphatic rings. The Morgan fingerprint density at radius 3 is 2.75 bits per heavy atom. The van der Waals surface area contributed by atoms with Crippen molar-refractivity contribution >= 4 is 39.7 Å². The lowest BCUT2D eigenvalue weighted by atomic mass is 10.1. The van der Waals surface area contributed by atoms with Crippen molar-refractivity contribution in [3.05, 3.63) is 54.5 Å². The van der Waals surface area contributed by atoms with Gasteiger partial charge in [-0.3, -0.25) is 14.9 Å². The van der Waals surface area contributed by atoms with Crippen LogP contribution in [-0.4, -0.2) is 73.3 Å². The quantitative estimate of drug-likeness (QED) is 0.304. The average molecular weight is 483 g/mol. The van der Waals surface area contributed by atoms with E-state index in [1.54, 1.807) is 35.6 Å². The third-order valence-corrected chi connectivity index (χ3v) is 6.05. The molecule has 5 aromatic rings. The van der Waals surface area contributed by atoms with Gasteiger partial charge in [-0.2, -0.15) is 5.10 Å². The first-order valence-corrected chi connectivity index (χ1v) is 11.3. The summed E-state index contributed by atoms with van der Waals surface area (Å²) in [6.45, 7) is 2.15. The number of amides is 3. The number of imidazole rings is 1. The van der Waals surface area contributed by atoms with Crippen LogP contribution in [-0.2, 0) is 4.74 Å². The van der Waals surface area contributed by atoms with Gasteiger partial charge in [-0.15, -0.1) is 0 Å². The van der Waals surface area contributed by atoms with Crippen LogP contribution in [0.3, 0.4) is 0 Å². The Hall–Kier alpha value is -4.84. The maximum absolute atomic E-state index is 12.6. The van der Waals surface area contributed by atoms with Gasteiger partial charge in [0.05, 0.1) is 41.6 Å². The molecule has 0 unspecified atom stereocenters. The van der Waals surface area contributed by atoms with E-state index in [-0.39, 0.29) is 6.03 Å². The van der Waals surface area contributed by atoms with Gasteiger partial charge < -0.3 is 25.7 Å². The predicted octanol–water partition coefficient (Wildman–Crippen LogP) is 2.53. The maximum atomic E-state index is 12.6. The number of aromatic nitrogens is 6. The summed E-state index contributed by atoms with van der Waals surface area (Å²) < 4.78 is 5.30. The normalized spacial score (nSPS) is 13.8. The highest BCUT2D eigenvalue weighted by Crippen LogP contribution is 2.30.